The largest absolute Gasteiger partial charge is 0.451 e. The SMILES string of the molecule is Cc1cc(N)ccc1N1CCn2c(nnc2C(F)(F)F)C1. The molecule has 2 heterocycles. The molecule has 1 aromatic heterocycles. The number of nitrogens with zero attached hydrogens (tertiary/aromatic N) is 4. The number of aryl methyl sites for hydroxylation is 1. The van der Waals surface area contributed by atoms with Gasteiger partial charge in [0.15, 0.2) is 5.82 Å². The normalized spacial score (nSPS) is 15.1. The molecule has 112 valence electrons. The Morgan fingerprint density at radius 3 is 2.62 bits per heavy atom. The van der Waals surface area contributed by atoms with Gasteiger partial charge in [0.1, 0.15) is 0 Å². The van der Waals surface area contributed by atoms with Crippen LogP contribution >= 0.6 is 0 Å². The van der Waals surface area contributed by atoms with Crippen LogP contribution < -0.4 is 10.6 Å². The molecule has 0 saturated heterocycles. The smallest absolute Gasteiger partial charge is 0.399 e. The van der Waals surface area contributed by atoms with Crippen LogP contribution in [0.25, 0.3) is 0 Å². The lowest BCUT2D eigenvalue weighted by Crippen LogP contribution is -2.35. The third-order valence-corrected chi connectivity index (χ3v) is 3.57. The number of hydrogen-bond acceptors (Lipinski definition) is 4. The molecule has 1 aliphatic rings. The monoisotopic (exact) mass is 297 g/mol. The summed E-state index contributed by atoms with van der Waals surface area (Å²) >= 11 is 0. The van der Waals surface area contributed by atoms with E-state index in [4.69, 9.17) is 5.73 Å². The van der Waals surface area contributed by atoms with Gasteiger partial charge >= 0.3 is 6.18 Å². The quantitative estimate of drug-likeness (QED) is 0.820. The average Bonchev–Trinajstić information content (AvgIpc) is 2.81. The first-order chi connectivity index (χ1) is 9.86. The van der Waals surface area contributed by atoms with Crippen molar-refractivity contribution in [3.05, 3.63) is 35.4 Å². The van der Waals surface area contributed by atoms with E-state index >= 15 is 0 Å². The molecule has 8 heteroatoms. The maximum Gasteiger partial charge on any atom is 0.451 e. The molecule has 0 amide bonds. The highest BCUT2D eigenvalue weighted by molar-refractivity contribution is 5.59. The van der Waals surface area contributed by atoms with Gasteiger partial charge < -0.3 is 15.2 Å². The van der Waals surface area contributed by atoms with Crippen LogP contribution in [0.5, 0.6) is 0 Å². The molecule has 0 atom stereocenters. The summed E-state index contributed by atoms with van der Waals surface area (Å²) in [5, 5.41) is 6.95. The Labute approximate surface area is 119 Å². The van der Waals surface area contributed by atoms with Crippen molar-refractivity contribution in [3.8, 4) is 0 Å². The first kappa shape index (κ1) is 13.7. The van der Waals surface area contributed by atoms with Crippen molar-refractivity contribution in [1.82, 2.24) is 14.8 Å². The first-order valence-corrected chi connectivity index (χ1v) is 6.46. The molecular weight excluding hydrogens is 283 g/mol. The molecule has 0 radical (unpaired) electrons. The Hall–Kier alpha value is -2.25. The van der Waals surface area contributed by atoms with E-state index in [1.165, 1.54) is 0 Å². The van der Waals surface area contributed by atoms with E-state index in [2.05, 4.69) is 10.2 Å². The van der Waals surface area contributed by atoms with Gasteiger partial charge in [0.2, 0.25) is 5.82 Å². The summed E-state index contributed by atoms with van der Waals surface area (Å²) in [5.41, 5.74) is 8.31. The number of benzene rings is 1. The van der Waals surface area contributed by atoms with Gasteiger partial charge in [-0.1, -0.05) is 0 Å². The standard InChI is InChI=1S/C13H14F3N5/c1-8-6-9(17)2-3-10(8)20-4-5-21-11(7-20)18-19-12(21)13(14,15)16/h2-3,6H,4-5,7,17H2,1H3. The molecule has 0 unspecified atom stereocenters. The lowest BCUT2D eigenvalue weighted by molar-refractivity contribution is -0.147. The van der Waals surface area contributed by atoms with E-state index < -0.39 is 12.0 Å². The summed E-state index contributed by atoms with van der Waals surface area (Å²) in [6.07, 6.45) is -4.47. The van der Waals surface area contributed by atoms with Crippen molar-refractivity contribution in [2.75, 3.05) is 17.2 Å². The summed E-state index contributed by atoms with van der Waals surface area (Å²) in [5.74, 6) is -0.601. The highest BCUT2D eigenvalue weighted by Gasteiger charge is 2.39. The maximum atomic E-state index is 12.8. The van der Waals surface area contributed by atoms with E-state index in [1.54, 1.807) is 6.07 Å². The van der Waals surface area contributed by atoms with Crippen molar-refractivity contribution in [2.45, 2.75) is 26.2 Å². The summed E-state index contributed by atoms with van der Waals surface area (Å²) in [6.45, 7) is 2.90. The number of hydrogen-bond donors (Lipinski definition) is 1. The second-order valence-electron chi connectivity index (χ2n) is 5.06. The number of aromatic nitrogens is 3. The van der Waals surface area contributed by atoms with Gasteiger partial charge in [-0.05, 0) is 30.7 Å². The van der Waals surface area contributed by atoms with Crippen LogP contribution in [0.15, 0.2) is 18.2 Å². The summed E-state index contributed by atoms with van der Waals surface area (Å²) < 4.78 is 39.5. The summed E-state index contributed by atoms with van der Waals surface area (Å²) in [4.78, 5) is 1.99. The van der Waals surface area contributed by atoms with Gasteiger partial charge in [0.05, 0.1) is 6.54 Å². The van der Waals surface area contributed by atoms with Crippen molar-refractivity contribution in [3.63, 3.8) is 0 Å². The van der Waals surface area contributed by atoms with Crippen molar-refractivity contribution in [2.24, 2.45) is 0 Å². The van der Waals surface area contributed by atoms with E-state index in [9.17, 15) is 13.2 Å². The van der Waals surface area contributed by atoms with E-state index in [1.807, 2.05) is 24.0 Å². The topological polar surface area (TPSA) is 60.0 Å². The molecule has 0 fully saturated rings. The van der Waals surface area contributed by atoms with Gasteiger partial charge in [0.25, 0.3) is 0 Å². The molecule has 21 heavy (non-hydrogen) atoms. The van der Waals surface area contributed by atoms with Crippen LogP contribution in [-0.4, -0.2) is 21.3 Å². The molecule has 0 bridgehead atoms. The van der Waals surface area contributed by atoms with Crippen molar-refractivity contribution in [1.29, 1.82) is 0 Å². The maximum absolute atomic E-state index is 12.8. The molecule has 3 rings (SSSR count). The van der Waals surface area contributed by atoms with Crippen LogP contribution in [-0.2, 0) is 19.3 Å². The predicted molar refractivity (Wildman–Crippen MR) is 71.7 cm³/mol. The predicted octanol–water partition coefficient (Wildman–Crippen LogP) is 2.21. The van der Waals surface area contributed by atoms with Crippen LogP contribution in [0.1, 0.15) is 17.2 Å². The molecule has 1 aliphatic heterocycles. The van der Waals surface area contributed by atoms with Crippen LogP contribution in [0.2, 0.25) is 0 Å². The average molecular weight is 297 g/mol. The molecule has 1 aromatic carbocycles. The highest BCUT2D eigenvalue weighted by atomic mass is 19.4. The zero-order valence-corrected chi connectivity index (χ0v) is 11.4. The Kier molecular flexibility index (Phi) is 3.03. The van der Waals surface area contributed by atoms with Gasteiger partial charge in [-0.3, -0.25) is 0 Å². The zero-order valence-electron chi connectivity index (χ0n) is 11.4. The molecule has 0 saturated carbocycles. The van der Waals surface area contributed by atoms with Crippen LogP contribution in [0, 0.1) is 6.92 Å². The lowest BCUT2D eigenvalue weighted by Gasteiger charge is -2.31. The van der Waals surface area contributed by atoms with E-state index in [0.29, 0.717) is 24.6 Å². The minimum absolute atomic E-state index is 0.209. The number of alkyl halides is 3. The van der Waals surface area contributed by atoms with E-state index in [0.717, 1.165) is 15.8 Å². The van der Waals surface area contributed by atoms with Gasteiger partial charge in [-0.2, -0.15) is 13.2 Å². The Morgan fingerprint density at radius 1 is 1.19 bits per heavy atom. The van der Waals surface area contributed by atoms with Crippen LogP contribution in [0.4, 0.5) is 24.5 Å². The minimum Gasteiger partial charge on any atom is -0.399 e. The highest BCUT2D eigenvalue weighted by Crippen LogP contribution is 2.31. The number of nitrogens with two attached hydrogens (primary N) is 1. The second kappa shape index (κ2) is 4.64. The molecular formula is C13H14F3N5. The van der Waals surface area contributed by atoms with Crippen molar-refractivity contribution >= 4 is 11.4 Å². The molecule has 0 spiro atoms. The fraction of sp³-hybridized carbons (Fsp3) is 0.385. The van der Waals surface area contributed by atoms with Gasteiger partial charge in [0, 0.05) is 24.5 Å². The third kappa shape index (κ3) is 2.41. The lowest BCUT2D eigenvalue weighted by atomic mass is 10.1. The fourth-order valence-electron chi connectivity index (χ4n) is 2.61. The number of fused-ring (bicyclic) bond motifs is 1. The molecule has 2 N–H and O–H groups in total. The molecule has 5 nitrogen and oxygen atoms in total. The van der Waals surface area contributed by atoms with Crippen LogP contribution in [0.3, 0.4) is 0 Å². The number of nitrogen functional groups attached to an aromatic ring is 1. The third-order valence-electron chi connectivity index (χ3n) is 3.57. The second-order valence-corrected chi connectivity index (χ2v) is 5.06. The summed E-state index contributed by atoms with van der Waals surface area (Å²) in [7, 11) is 0. The number of anilines is 2. The first-order valence-electron chi connectivity index (χ1n) is 6.46. The fourth-order valence-corrected chi connectivity index (χ4v) is 2.61. The Bertz CT molecular complexity index is 677. The van der Waals surface area contributed by atoms with Crippen molar-refractivity contribution < 1.29 is 13.2 Å². The number of rotatable bonds is 1. The molecule has 0 aliphatic carbocycles. The molecule has 2 aromatic rings. The van der Waals surface area contributed by atoms with Gasteiger partial charge in [-0.25, -0.2) is 0 Å². The number of halogens is 3. The Balaban J connectivity index is 1.90. The van der Waals surface area contributed by atoms with Gasteiger partial charge in [-0.15, -0.1) is 10.2 Å². The minimum atomic E-state index is -4.47. The Morgan fingerprint density at radius 2 is 1.95 bits per heavy atom. The van der Waals surface area contributed by atoms with E-state index in [-0.39, 0.29) is 6.54 Å². The summed E-state index contributed by atoms with van der Waals surface area (Å²) in [6, 6.07) is 5.50. The zero-order chi connectivity index (χ0) is 15.2.